The van der Waals surface area contributed by atoms with Crippen molar-refractivity contribution in [2.45, 2.75) is 19.6 Å². The van der Waals surface area contributed by atoms with Crippen LogP contribution in [0.1, 0.15) is 17.4 Å². The number of ether oxygens (including phenoxy) is 1. The second-order valence-corrected chi connectivity index (χ2v) is 6.91. The Bertz CT molecular complexity index is 749. The lowest BCUT2D eigenvalue weighted by molar-refractivity contribution is -0.138. The Morgan fingerprint density at radius 3 is 2.67 bits per heavy atom. The third kappa shape index (κ3) is 4.85. The Hall–Kier alpha value is -2.29. The third-order valence-electron chi connectivity index (χ3n) is 3.28. The summed E-state index contributed by atoms with van der Waals surface area (Å²) in [5, 5.41) is 8.80. The number of rotatable bonds is 7. The first-order valence-electron chi connectivity index (χ1n) is 7.34. The molecule has 2 rings (SSSR count). The third-order valence-corrected chi connectivity index (χ3v) is 4.50. The lowest BCUT2D eigenvalue weighted by Crippen LogP contribution is -2.40. The highest BCUT2D eigenvalue weighted by atomic mass is 35.5. The van der Waals surface area contributed by atoms with Crippen LogP contribution in [0.15, 0.2) is 49.1 Å². The molecule has 1 aromatic carbocycles. The van der Waals surface area contributed by atoms with Crippen molar-refractivity contribution in [2.24, 2.45) is 0 Å². The van der Waals surface area contributed by atoms with Gasteiger partial charge in [0.05, 0.1) is 22.5 Å². The summed E-state index contributed by atoms with van der Waals surface area (Å²) in [5.74, 6) is 0.413. The maximum atomic E-state index is 12.6. The summed E-state index contributed by atoms with van der Waals surface area (Å²) in [6.45, 7) is 6.30. The largest absolute Gasteiger partial charge is 0.481 e. The van der Waals surface area contributed by atoms with Crippen molar-refractivity contribution in [3.05, 3.63) is 63.8 Å². The van der Waals surface area contributed by atoms with E-state index < -0.39 is 6.10 Å². The molecule has 0 fully saturated rings. The monoisotopic (exact) mass is 360 g/mol. The van der Waals surface area contributed by atoms with Crippen molar-refractivity contribution in [3.8, 4) is 11.8 Å². The number of nitrogens with zero attached hydrogens (tertiary/aromatic N) is 2. The van der Waals surface area contributed by atoms with Gasteiger partial charge in [-0.25, -0.2) is 0 Å². The van der Waals surface area contributed by atoms with Gasteiger partial charge < -0.3 is 9.64 Å². The van der Waals surface area contributed by atoms with Crippen LogP contribution in [0.2, 0.25) is 4.34 Å². The van der Waals surface area contributed by atoms with E-state index in [4.69, 9.17) is 21.6 Å². The number of nitriles is 1. The highest BCUT2D eigenvalue weighted by molar-refractivity contribution is 7.16. The SMILES string of the molecule is C=CCN(Cc1ccc(Cl)s1)C(=O)[C@@H](C)Oc1ccc(C#N)cc1. The van der Waals surface area contributed by atoms with Crippen molar-refractivity contribution in [3.63, 3.8) is 0 Å². The number of carbonyl (C=O) groups excluding carboxylic acids is 1. The summed E-state index contributed by atoms with van der Waals surface area (Å²) in [7, 11) is 0. The molecule has 1 aromatic heterocycles. The topological polar surface area (TPSA) is 53.3 Å². The van der Waals surface area contributed by atoms with Gasteiger partial charge in [0, 0.05) is 11.4 Å². The van der Waals surface area contributed by atoms with Gasteiger partial charge in [0.1, 0.15) is 5.75 Å². The fourth-order valence-electron chi connectivity index (χ4n) is 2.13. The molecule has 0 radical (unpaired) electrons. The van der Waals surface area contributed by atoms with Crippen LogP contribution >= 0.6 is 22.9 Å². The minimum Gasteiger partial charge on any atom is -0.481 e. The molecule has 24 heavy (non-hydrogen) atoms. The van der Waals surface area contributed by atoms with Crippen LogP contribution in [0.25, 0.3) is 0 Å². The number of benzene rings is 1. The number of amides is 1. The fourth-order valence-corrected chi connectivity index (χ4v) is 3.24. The second-order valence-electron chi connectivity index (χ2n) is 5.11. The molecule has 4 nitrogen and oxygen atoms in total. The van der Waals surface area contributed by atoms with Crippen molar-refractivity contribution in [1.29, 1.82) is 5.26 Å². The first-order valence-corrected chi connectivity index (χ1v) is 8.53. The summed E-state index contributed by atoms with van der Waals surface area (Å²) < 4.78 is 6.38. The first-order chi connectivity index (χ1) is 11.5. The van der Waals surface area contributed by atoms with E-state index in [2.05, 4.69) is 6.58 Å². The van der Waals surface area contributed by atoms with Crippen molar-refractivity contribution >= 4 is 28.8 Å². The second kappa shape index (κ2) is 8.53. The molecule has 0 spiro atoms. The van der Waals surface area contributed by atoms with Gasteiger partial charge in [0.25, 0.3) is 5.91 Å². The molecular weight excluding hydrogens is 344 g/mol. The maximum Gasteiger partial charge on any atom is 0.263 e. The van der Waals surface area contributed by atoms with Crippen LogP contribution in [0, 0.1) is 11.3 Å². The molecule has 1 atom stereocenters. The normalized spacial score (nSPS) is 11.4. The van der Waals surface area contributed by atoms with Gasteiger partial charge in [0.2, 0.25) is 0 Å². The summed E-state index contributed by atoms with van der Waals surface area (Å²) in [6.07, 6.45) is 1.04. The molecule has 0 saturated carbocycles. The van der Waals surface area contributed by atoms with Crippen LogP contribution in [0.3, 0.4) is 0 Å². The first kappa shape index (κ1) is 18.1. The molecule has 1 heterocycles. The highest BCUT2D eigenvalue weighted by Crippen LogP contribution is 2.23. The number of thiophene rings is 1. The minimum absolute atomic E-state index is 0.135. The van der Waals surface area contributed by atoms with Crippen molar-refractivity contribution < 1.29 is 9.53 Å². The van der Waals surface area contributed by atoms with Gasteiger partial charge in [-0.2, -0.15) is 5.26 Å². The molecule has 6 heteroatoms. The van der Waals surface area contributed by atoms with Crippen LogP contribution in [-0.2, 0) is 11.3 Å². The molecule has 1 amide bonds. The maximum absolute atomic E-state index is 12.6. The van der Waals surface area contributed by atoms with Crippen LogP contribution in [-0.4, -0.2) is 23.5 Å². The van der Waals surface area contributed by atoms with Gasteiger partial charge in [-0.15, -0.1) is 17.9 Å². The van der Waals surface area contributed by atoms with Gasteiger partial charge in [0.15, 0.2) is 6.10 Å². The summed E-state index contributed by atoms with van der Waals surface area (Å²) in [4.78, 5) is 15.3. The van der Waals surface area contributed by atoms with E-state index in [-0.39, 0.29) is 5.91 Å². The average molecular weight is 361 g/mol. The summed E-state index contributed by atoms with van der Waals surface area (Å²) in [5.41, 5.74) is 0.546. The number of halogens is 1. The number of hydrogen-bond acceptors (Lipinski definition) is 4. The van der Waals surface area contributed by atoms with E-state index in [1.165, 1.54) is 11.3 Å². The molecule has 0 aliphatic heterocycles. The van der Waals surface area contributed by atoms with E-state index in [0.717, 1.165) is 4.88 Å². The van der Waals surface area contributed by atoms with Crippen molar-refractivity contribution in [1.82, 2.24) is 4.90 Å². The Morgan fingerprint density at radius 1 is 1.42 bits per heavy atom. The lowest BCUT2D eigenvalue weighted by Gasteiger charge is -2.24. The molecule has 124 valence electrons. The molecule has 0 N–H and O–H groups in total. The van der Waals surface area contributed by atoms with Gasteiger partial charge in [-0.1, -0.05) is 17.7 Å². The Morgan fingerprint density at radius 2 is 2.12 bits per heavy atom. The summed E-state index contributed by atoms with van der Waals surface area (Å²) >= 11 is 7.39. The van der Waals surface area contributed by atoms with E-state index in [1.54, 1.807) is 42.2 Å². The van der Waals surface area contributed by atoms with Gasteiger partial charge >= 0.3 is 0 Å². The number of hydrogen-bond donors (Lipinski definition) is 0. The Balaban J connectivity index is 2.04. The predicted octanol–water partition coefficient (Wildman–Crippen LogP) is 4.26. The van der Waals surface area contributed by atoms with Crippen molar-refractivity contribution in [2.75, 3.05) is 6.54 Å². The molecule has 0 unspecified atom stereocenters. The lowest BCUT2D eigenvalue weighted by atomic mass is 10.2. The quantitative estimate of drug-likeness (QED) is 0.693. The Kier molecular flexibility index (Phi) is 6.42. The van der Waals surface area contributed by atoms with E-state index >= 15 is 0 Å². The van der Waals surface area contributed by atoms with E-state index in [9.17, 15) is 4.79 Å². The van der Waals surface area contributed by atoms with Gasteiger partial charge in [-0.3, -0.25) is 4.79 Å². The number of carbonyl (C=O) groups is 1. The molecule has 0 aliphatic rings. The highest BCUT2D eigenvalue weighted by Gasteiger charge is 2.22. The molecular formula is C18H17ClN2O2S. The summed E-state index contributed by atoms with van der Waals surface area (Å²) in [6, 6.07) is 12.4. The zero-order valence-corrected chi connectivity index (χ0v) is 14.8. The fraction of sp³-hybridized carbons (Fsp3) is 0.222. The standard InChI is InChI=1S/C18H17ClN2O2S/c1-3-10-21(12-16-8-9-17(19)24-16)18(22)13(2)23-15-6-4-14(11-20)5-7-15/h3-9,13H,1,10,12H2,2H3/t13-/m1/s1. The smallest absolute Gasteiger partial charge is 0.263 e. The van der Waals surface area contributed by atoms with Crippen LogP contribution < -0.4 is 4.74 Å². The van der Waals surface area contributed by atoms with E-state index in [1.807, 2.05) is 18.2 Å². The predicted molar refractivity (Wildman–Crippen MR) is 96.2 cm³/mol. The molecule has 2 aromatic rings. The average Bonchev–Trinajstić information content (AvgIpc) is 2.99. The van der Waals surface area contributed by atoms with Gasteiger partial charge in [-0.05, 0) is 43.3 Å². The molecule has 0 aliphatic carbocycles. The Labute approximate surface area is 150 Å². The zero-order chi connectivity index (χ0) is 17.5. The molecule has 0 bridgehead atoms. The minimum atomic E-state index is -0.645. The molecule has 0 saturated heterocycles. The van der Waals surface area contributed by atoms with Crippen LogP contribution in [0.4, 0.5) is 0 Å². The van der Waals surface area contributed by atoms with E-state index in [0.29, 0.717) is 28.7 Å². The zero-order valence-electron chi connectivity index (χ0n) is 13.2. The van der Waals surface area contributed by atoms with Crippen LogP contribution in [0.5, 0.6) is 5.75 Å².